The van der Waals surface area contributed by atoms with E-state index in [0.717, 1.165) is 10.3 Å². The number of likely N-dealkylation sites (tertiary alicyclic amines) is 1. The highest BCUT2D eigenvalue weighted by Gasteiger charge is 2.14. The summed E-state index contributed by atoms with van der Waals surface area (Å²) in [5.41, 5.74) is 1.12. The van der Waals surface area contributed by atoms with Gasteiger partial charge in [0.1, 0.15) is 4.60 Å². The van der Waals surface area contributed by atoms with Crippen molar-refractivity contribution < 1.29 is 0 Å². The molecule has 0 spiro atoms. The molecule has 2 rings (SSSR count). The van der Waals surface area contributed by atoms with Gasteiger partial charge in [0.2, 0.25) is 0 Å². The van der Waals surface area contributed by atoms with Crippen LogP contribution in [-0.4, -0.2) is 36.1 Å². The fourth-order valence-corrected chi connectivity index (χ4v) is 2.32. The zero-order valence-electron chi connectivity index (χ0n) is 9.62. The maximum Gasteiger partial charge on any atom is 0.106 e. The van der Waals surface area contributed by atoms with Gasteiger partial charge < -0.3 is 10.2 Å². The molecular formula is C12H18BrN3. The highest BCUT2D eigenvalue weighted by Crippen LogP contribution is 2.16. The summed E-state index contributed by atoms with van der Waals surface area (Å²) >= 11 is 3.35. The number of halogens is 1. The zero-order valence-corrected chi connectivity index (χ0v) is 11.2. The lowest BCUT2D eigenvalue weighted by Gasteiger charge is -2.17. The number of hydrogen-bond donors (Lipinski definition) is 1. The van der Waals surface area contributed by atoms with Crippen molar-refractivity contribution >= 4 is 21.6 Å². The first-order valence-electron chi connectivity index (χ1n) is 5.80. The molecule has 2 heterocycles. The van der Waals surface area contributed by atoms with E-state index in [-0.39, 0.29) is 0 Å². The number of aromatic nitrogens is 1. The summed E-state index contributed by atoms with van der Waals surface area (Å²) in [5, 5.41) is 3.56. The normalized spacial score (nSPS) is 22.8. The summed E-state index contributed by atoms with van der Waals surface area (Å²) in [5.74, 6) is 0. The van der Waals surface area contributed by atoms with Crippen LogP contribution in [0.3, 0.4) is 0 Å². The molecule has 0 amide bonds. The largest absolute Gasteiger partial charge is 0.381 e. The van der Waals surface area contributed by atoms with Gasteiger partial charge in [-0.1, -0.05) is 0 Å². The lowest BCUT2D eigenvalue weighted by Crippen LogP contribution is -2.23. The number of pyridine rings is 1. The van der Waals surface area contributed by atoms with Crippen LogP contribution in [0.5, 0.6) is 0 Å². The standard InChI is InChI=1S/C12H18BrN3/c1-16-7-2-3-10(6-8-16)15-11-4-5-12(13)14-9-11/h4-5,9-10,15H,2-3,6-8H2,1H3. The van der Waals surface area contributed by atoms with Crippen molar-refractivity contribution in [2.24, 2.45) is 0 Å². The van der Waals surface area contributed by atoms with Gasteiger partial charge in [0.25, 0.3) is 0 Å². The second-order valence-corrected chi connectivity index (χ2v) is 5.26. The molecule has 0 saturated carbocycles. The molecule has 4 heteroatoms. The predicted octanol–water partition coefficient (Wildman–Crippen LogP) is 2.74. The SMILES string of the molecule is CN1CCCC(Nc2ccc(Br)nc2)CC1. The Bertz CT molecular complexity index is 326. The van der Waals surface area contributed by atoms with Crippen LogP contribution < -0.4 is 5.32 Å². The number of anilines is 1. The highest BCUT2D eigenvalue weighted by molar-refractivity contribution is 9.10. The Kier molecular flexibility index (Phi) is 4.18. The summed E-state index contributed by atoms with van der Waals surface area (Å²) in [6.45, 7) is 2.40. The molecule has 0 bridgehead atoms. The van der Waals surface area contributed by atoms with Crippen LogP contribution in [0.4, 0.5) is 5.69 Å². The third-order valence-corrected chi connectivity index (χ3v) is 3.52. The maximum absolute atomic E-state index is 4.23. The van der Waals surface area contributed by atoms with Gasteiger partial charge in [0.05, 0.1) is 11.9 Å². The average molecular weight is 284 g/mol. The fourth-order valence-electron chi connectivity index (χ4n) is 2.08. The molecule has 3 nitrogen and oxygen atoms in total. The summed E-state index contributed by atoms with van der Waals surface area (Å²) in [6, 6.07) is 4.64. The van der Waals surface area contributed by atoms with Crippen molar-refractivity contribution in [2.75, 3.05) is 25.5 Å². The lowest BCUT2D eigenvalue weighted by molar-refractivity contribution is 0.348. The molecule has 1 fully saturated rings. The fraction of sp³-hybridized carbons (Fsp3) is 0.583. The van der Waals surface area contributed by atoms with E-state index in [4.69, 9.17) is 0 Å². The maximum atomic E-state index is 4.23. The molecule has 1 aliphatic heterocycles. The first-order chi connectivity index (χ1) is 7.74. The molecule has 88 valence electrons. The van der Waals surface area contributed by atoms with E-state index in [9.17, 15) is 0 Å². The predicted molar refractivity (Wildman–Crippen MR) is 70.7 cm³/mol. The van der Waals surface area contributed by atoms with Crippen molar-refractivity contribution in [3.05, 3.63) is 22.9 Å². The highest BCUT2D eigenvalue weighted by atomic mass is 79.9. The third-order valence-electron chi connectivity index (χ3n) is 3.05. The Morgan fingerprint density at radius 3 is 3.00 bits per heavy atom. The zero-order chi connectivity index (χ0) is 11.4. The van der Waals surface area contributed by atoms with Crippen LogP contribution in [0.1, 0.15) is 19.3 Å². The molecule has 1 atom stereocenters. The van der Waals surface area contributed by atoms with Crippen LogP contribution in [0, 0.1) is 0 Å². The van der Waals surface area contributed by atoms with Crippen molar-refractivity contribution in [1.82, 2.24) is 9.88 Å². The van der Waals surface area contributed by atoms with Gasteiger partial charge in [0.15, 0.2) is 0 Å². The second-order valence-electron chi connectivity index (χ2n) is 4.45. The Balaban J connectivity index is 1.91. The van der Waals surface area contributed by atoms with Crippen LogP contribution in [0.2, 0.25) is 0 Å². The van der Waals surface area contributed by atoms with Crippen molar-refractivity contribution in [2.45, 2.75) is 25.3 Å². The van der Waals surface area contributed by atoms with Gasteiger partial charge in [-0.15, -0.1) is 0 Å². The van der Waals surface area contributed by atoms with Crippen LogP contribution in [0.25, 0.3) is 0 Å². The van der Waals surface area contributed by atoms with Crippen LogP contribution in [0.15, 0.2) is 22.9 Å². The van der Waals surface area contributed by atoms with Gasteiger partial charge in [-0.05, 0) is 67.5 Å². The van der Waals surface area contributed by atoms with E-state index in [1.54, 1.807) is 0 Å². The molecule has 1 aliphatic rings. The van der Waals surface area contributed by atoms with E-state index in [1.807, 2.05) is 12.3 Å². The van der Waals surface area contributed by atoms with Crippen molar-refractivity contribution in [3.8, 4) is 0 Å². The van der Waals surface area contributed by atoms with Gasteiger partial charge >= 0.3 is 0 Å². The minimum absolute atomic E-state index is 0.591. The molecule has 1 aromatic heterocycles. The topological polar surface area (TPSA) is 28.2 Å². The minimum Gasteiger partial charge on any atom is -0.381 e. The number of nitrogens with one attached hydrogen (secondary N) is 1. The first-order valence-corrected chi connectivity index (χ1v) is 6.60. The van der Waals surface area contributed by atoms with Crippen LogP contribution >= 0.6 is 15.9 Å². The molecule has 1 aromatic rings. The van der Waals surface area contributed by atoms with Gasteiger partial charge in [0, 0.05) is 6.04 Å². The first kappa shape index (κ1) is 11.9. The molecule has 16 heavy (non-hydrogen) atoms. The van der Waals surface area contributed by atoms with Crippen LogP contribution in [-0.2, 0) is 0 Å². The Morgan fingerprint density at radius 1 is 1.38 bits per heavy atom. The molecule has 1 N–H and O–H groups in total. The number of rotatable bonds is 2. The number of nitrogens with zero attached hydrogens (tertiary/aromatic N) is 2. The smallest absolute Gasteiger partial charge is 0.106 e. The third kappa shape index (κ3) is 3.46. The second kappa shape index (κ2) is 5.64. The van der Waals surface area contributed by atoms with E-state index < -0.39 is 0 Å². The Morgan fingerprint density at radius 2 is 2.25 bits per heavy atom. The molecule has 0 aliphatic carbocycles. The van der Waals surface area contributed by atoms with E-state index in [2.05, 4.69) is 44.2 Å². The summed E-state index contributed by atoms with van der Waals surface area (Å²) in [6.07, 6.45) is 5.63. The van der Waals surface area contributed by atoms with E-state index in [1.165, 1.54) is 32.4 Å². The van der Waals surface area contributed by atoms with Gasteiger partial charge in [-0.25, -0.2) is 4.98 Å². The molecule has 1 unspecified atom stereocenters. The monoisotopic (exact) mass is 283 g/mol. The summed E-state index contributed by atoms with van der Waals surface area (Å²) in [4.78, 5) is 6.63. The summed E-state index contributed by atoms with van der Waals surface area (Å²) in [7, 11) is 2.20. The molecule has 1 saturated heterocycles. The molecule has 0 aromatic carbocycles. The van der Waals surface area contributed by atoms with E-state index in [0.29, 0.717) is 6.04 Å². The number of hydrogen-bond acceptors (Lipinski definition) is 3. The lowest BCUT2D eigenvalue weighted by atomic mass is 10.1. The molecular weight excluding hydrogens is 266 g/mol. The quantitative estimate of drug-likeness (QED) is 0.846. The Labute approximate surface area is 105 Å². The average Bonchev–Trinajstić information content (AvgIpc) is 2.47. The van der Waals surface area contributed by atoms with Gasteiger partial charge in [-0.3, -0.25) is 0 Å². The van der Waals surface area contributed by atoms with Crippen molar-refractivity contribution in [1.29, 1.82) is 0 Å². The molecule has 0 radical (unpaired) electrons. The van der Waals surface area contributed by atoms with Gasteiger partial charge in [-0.2, -0.15) is 0 Å². The minimum atomic E-state index is 0.591. The Hall–Kier alpha value is -0.610. The van der Waals surface area contributed by atoms with Crippen molar-refractivity contribution in [3.63, 3.8) is 0 Å². The van der Waals surface area contributed by atoms with E-state index >= 15 is 0 Å². The summed E-state index contributed by atoms with van der Waals surface area (Å²) < 4.78 is 0.888.